The number of ether oxygens (including phenoxy) is 1. The van der Waals surface area contributed by atoms with Crippen LogP contribution in [-0.2, 0) is 4.79 Å². The van der Waals surface area contributed by atoms with Gasteiger partial charge in [-0.25, -0.2) is 0 Å². The second kappa shape index (κ2) is 7.93. The van der Waals surface area contributed by atoms with Gasteiger partial charge in [0, 0.05) is 10.9 Å². The lowest BCUT2D eigenvalue weighted by molar-refractivity contribution is -0.115. The van der Waals surface area contributed by atoms with Crippen molar-refractivity contribution in [2.24, 2.45) is 0 Å². The van der Waals surface area contributed by atoms with Crippen LogP contribution in [0.15, 0.2) is 40.6 Å². The van der Waals surface area contributed by atoms with Crippen LogP contribution in [0.4, 0.5) is 5.00 Å². The molecule has 1 fully saturated rings. The van der Waals surface area contributed by atoms with Crippen LogP contribution in [0, 0.1) is 0 Å². The highest BCUT2D eigenvalue weighted by molar-refractivity contribution is 8.00. The number of thiophene rings is 1. The molecule has 0 saturated heterocycles. The molecule has 5 nitrogen and oxygen atoms in total. The van der Waals surface area contributed by atoms with Crippen molar-refractivity contribution in [3.8, 4) is 5.75 Å². The van der Waals surface area contributed by atoms with E-state index in [1.54, 1.807) is 13.2 Å². The van der Waals surface area contributed by atoms with E-state index < -0.39 is 0 Å². The molecule has 2 N–H and O–H groups in total. The summed E-state index contributed by atoms with van der Waals surface area (Å²) in [6.07, 6.45) is 2.07. The van der Waals surface area contributed by atoms with Crippen LogP contribution in [0.3, 0.4) is 0 Å². The summed E-state index contributed by atoms with van der Waals surface area (Å²) >= 11 is 2.83. The maximum Gasteiger partial charge on any atom is 0.254 e. The third-order valence-electron chi connectivity index (χ3n) is 3.80. The number of benzene rings is 1. The van der Waals surface area contributed by atoms with Gasteiger partial charge in [-0.15, -0.1) is 23.1 Å². The minimum absolute atomic E-state index is 0.116. The van der Waals surface area contributed by atoms with Crippen molar-refractivity contribution in [3.05, 3.63) is 41.3 Å². The van der Waals surface area contributed by atoms with Gasteiger partial charge in [-0.05, 0) is 55.5 Å². The first-order valence-corrected chi connectivity index (χ1v) is 9.82. The molecule has 1 aliphatic carbocycles. The zero-order valence-electron chi connectivity index (χ0n) is 14.1. The molecule has 0 radical (unpaired) electrons. The first-order valence-electron chi connectivity index (χ1n) is 8.06. The van der Waals surface area contributed by atoms with E-state index in [2.05, 4.69) is 10.6 Å². The summed E-state index contributed by atoms with van der Waals surface area (Å²) in [4.78, 5) is 25.7. The molecule has 1 aromatic heterocycles. The number of carbonyl (C=O) groups is 2. The Bertz CT molecular complexity index is 754. The van der Waals surface area contributed by atoms with Crippen LogP contribution in [0.25, 0.3) is 0 Å². The van der Waals surface area contributed by atoms with Crippen LogP contribution < -0.4 is 15.4 Å². The first-order chi connectivity index (χ1) is 12.1. The Morgan fingerprint density at radius 2 is 1.96 bits per heavy atom. The van der Waals surface area contributed by atoms with Crippen LogP contribution in [0.2, 0.25) is 0 Å². The quantitative estimate of drug-likeness (QED) is 0.722. The van der Waals surface area contributed by atoms with Gasteiger partial charge < -0.3 is 15.4 Å². The van der Waals surface area contributed by atoms with Crippen LogP contribution in [-0.4, -0.2) is 30.2 Å². The normalized spacial score (nSPS) is 14.6. The van der Waals surface area contributed by atoms with Crippen LogP contribution in [0.5, 0.6) is 5.75 Å². The highest BCUT2D eigenvalue weighted by atomic mass is 32.2. The molecular formula is C18H20N2O3S2. The third-order valence-corrected chi connectivity index (χ3v) is 5.74. The zero-order valence-corrected chi connectivity index (χ0v) is 15.7. The standard InChI is InChI=1S/C18H20N2O3S2/c1-11(25-14-7-5-13(23-2)6-8-14)16(21)20-18-15(9-10-24-18)17(22)19-12-3-4-12/h5-12H,3-4H2,1-2H3,(H,19,22)(H,20,21). The molecule has 132 valence electrons. The van der Waals surface area contributed by atoms with Gasteiger partial charge in [-0.2, -0.15) is 0 Å². The predicted octanol–water partition coefficient (Wildman–Crippen LogP) is 3.77. The molecule has 1 atom stereocenters. The van der Waals surface area contributed by atoms with Gasteiger partial charge in [0.15, 0.2) is 0 Å². The number of amides is 2. The van der Waals surface area contributed by atoms with Gasteiger partial charge in [0.2, 0.25) is 5.91 Å². The number of methoxy groups -OCH3 is 1. The van der Waals surface area contributed by atoms with Gasteiger partial charge in [-0.1, -0.05) is 0 Å². The molecule has 0 bridgehead atoms. The van der Waals surface area contributed by atoms with Crippen molar-refractivity contribution in [1.82, 2.24) is 5.32 Å². The molecule has 1 aliphatic rings. The maximum atomic E-state index is 12.5. The molecule has 1 heterocycles. The molecule has 0 aliphatic heterocycles. The summed E-state index contributed by atoms with van der Waals surface area (Å²) in [5.41, 5.74) is 0.534. The van der Waals surface area contributed by atoms with Crippen molar-refractivity contribution in [2.45, 2.75) is 36.0 Å². The van der Waals surface area contributed by atoms with E-state index in [4.69, 9.17) is 4.74 Å². The summed E-state index contributed by atoms with van der Waals surface area (Å²) in [6, 6.07) is 9.62. The van der Waals surface area contributed by atoms with Crippen molar-refractivity contribution < 1.29 is 14.3 Å². The van der Waals surface area contributed by atoms with E-state index in [1.807, 2.05) is 36.6 Å². The number of thioether (sulfide) groups is 1. The Balaban J connectivity index is 1.59. The molecule has 7 heteroatoms. The average molecular weight is 377 g/mol. The molecule has 2 aromatic rings. The highest BCUT2D eigenvalue weighted by Gasteiger charge is 2.26. The van der Waals surface area contributed by atoms with E-state index in [0.717, 1.165) is 23.5 Å². The summed E-state index contributed by atoms with van der Waals surface area (Å²) in [6.45, 7) is 1.85. The molecule has 0 spiro atoms. The number of rotatable bonds is 7. The van der Waals surface area contributed by atoms with E-state index in [9.17, 15) is 9.59 Å². The van der Waals surface area contributed by atoms with Crippen molar-refractivity contribution in [2.75, 3.05) is 12.4 Å². The molecule has 1 saturated carbocycles. The fourth-order valence-electron chi connectivity index (χ4n) is 2.20. The number of hydrogen-bond donors (Lipinski definition) is 2. The van der Waals surface area contributed by atoms with Gasteiger partial charge in [0.25, 0.3) is 5.91 Å². The lowest BCUT2D eigenvalue weighted by Gasteiger charge is -2.12. The number of anilines is 1. The van der Waals surface area contributed by atoms with Gasteiger partial charge in [0.1, 0.15) is 10.8 Å². The van der Waals surface area contributed by atoms with E-state index in [0.29, 0.717) is 16.6 Å². The SMILES string of the molecule is COc1ccc(SC(C)C(=O)Nc2sccc2C(=O)NC2CC2)cc1. The number of nitrogens with one attached hydrogen (secondary N) is 2. The number of hydrogen-bond acceptors (Lipinski definition) is 5. The van der Waals surface area contributed by atoms with Crippen LogP contribution >= 0.6 is 23.1 Å². The highest BCUT2D eigenvalue weighted by Crippen LogP contribution is 2.29. The fraction of sp³-hybridized carbons (Fsp3) is 0.333. The molecule has 2 amide bonds. The lowest BCUT2D eigenvalue weighted by atomic mass is 10.3. The van der Waals surface area contributed by atoms with Crippen molar-refractivity contribution in [1.29, 1.82) is 0 Å². The smallest absolute Gasteiger partial charge is 0.254 e. The summed E-state index contributed by atoms with van der Waals surface area (Å²) in [7, 11) is 1.62. The van der Waals surface area contributed by atoms with Crippen molar-refractivity contribution >= 4 is 39.9 Å². The lowest BCUT2D eigenvalue weighted by Crippen LogP contribution is -2.27. The Labute approximate surface area is 155 Å². The first kappa shape index (κ1) is 17.8. The van der Waals surface area contributed by atoms with Crippen LogP contribution in [0.1, 0.15) is 30.1 Å². The van der Waals surface area contributed by atoms with E-state index >= 15 is 0 Å². The molecule has 1 aromatic carbocycles. The Morgan fingerprint density at radius 3 is 2.60 bits per heavy atom. The fourth-order valence-corrected chi connectivity index (χ4v) is 3.86. The third kappa shape index (κ3) is 4.76. The topological polar surface area (TPSA) is 67.4 Å². The van der Waals surface area contributed by atoms with Gasteiger partial charge >= 0.3 is 0 Å². The maximum absolute atomic E-state index is 12.5. The van der Waals surface area contributed by atoms with E-state index in [1.165, 1.54) is 23.1 Å². The van der Waals surface area contributed by atoms with Gasteiger partial charge in [-0.3, -0.25) is 9.59 Å². The largest absolute Gasteiger partial charge is 0.497 e. The Morgan fingerprint density at radius 1 is 1.24 bits per heavy atom. The molecule has 1 unspecified atom stereocenters. The Kier molecular flexibility index (Phi) is 5.65. The second-order valence-corrected chi connectivity index (χ2v) is 8.17. The average Bonchev–Trinajstić information content (AvgIpc) is 3.30. The molecule has 25 heavy (non-hydrogen) atoms. The molecule has 3 rings (SSSR count). The molecular weight excluding hydrogens is 356 g/mol. The zero-order chi connectivity index (χ0) is 17.8. The number of carbonyl (C=O) groups excluding carboxylic acids is 2. The summed E-state index contributed by atoms with van der Waals surface area (Å²) < 4.78 is 5.13. The minimum Gasteiger partial charge on any atom is -0.497 e. The summed E-state index contributed by atoms with van der Waals surface area (Å²) in [5, 5.41) is 7.97. The second-order valence-electron chi connectivity index (χ2n) is 5.84. The van der Waals surface area contributed by atoms with Gasteiger partial charge in [0.05, 0.1) is 17.9 Å². The monoisotopic (exact) mass is 376 g/mol. The summed E-state index contributed by atoms with van der Waals surface area (Å²) in [5.74, 6) is 0.546. The predicted molar refractivity (Wildman–Crippen MR) is 102 cm³/mol. The van der Waals surface area contributed by atoms with Crippen molar-refractivity contribution in [3.63, 3.8) is 0 Å². The van der Waals surface area contributed by atoms with E-state index in [-0.39, 0.29) is 17.1 Å². The minimum atomic E-state index is -0.283. The Hall–Kier alpha value is -1.99.